The van der Waals surface area contributed by atoms with Crippen LogP contribution in [-0.4, -0.2) is 35.0 Å². The van der Waals surface area contributed by atoms with E-state index in [1.807, 2.05) is 11.0 Å². The summed E-state index contributed by atoms with van der Waals surface area (Å²) in [7, 11) is 0. The van der Waals surface area contributed by atoms with Crippen LogP contribution in [-0.2, 0) is 4.79 Å². The Morgan fingerprint density at radius 2 is 2.00 bits per heavy atom. The van der Waals surface area contributed by atoms with Gasteiger partial charge in [-0.1, -0.05) is 0 Å². The molecule has 0 atom stereocenters. The topological polar surface area (TPSA) is 57.6 Å². The third kappa shape index (κ3) is 3.79. The van der Waals surface area contributed by atoms with Gasteiger partial charge in [-0.25, -0.2) is 0 Å². The molecule has 0 aliphatic carbocycles. The van der Waals surface area contributed by atoms with E-state index in [2.05, 4.69) is 31.9 Å². The van der Waals surface area contributed by atoms with E-state index in [0.717, 1.165) is 21.1 Å². The smallest absolute Gasteiger partial charge is 0.303 e. The fourth-order valence-corrected chi connectivity index (χ4v) is 4.20. The van der Waals surface area contributed by atoms with Crippen LogP contribution in [0.25, 0.3) is 0 Å². The zero-order valence-corrected chi connectivity index (χ0v) is 14.1. The lowest BCUT2D eigenvalue weighted by atomic mass is 9.93. The van der Waals surface area contributed by atoms with E-state index in [9.17, 15) is 9.59 Å². The highest BCUT2D eigenvalue weighted by molar-refractivity contribution is 9.13. The molecule has 0 aromatic carbocycles. The Morgan fingerprint density at radius 3 is 2.47 bits per heavy atom. The SMILES string of the molecule is O=C(O)CC1CCN(C(=O)c2cc(Br)c(Br)s2)CC1. The summed E-state index contributed by atoms with van der Waals surface area (Å²) in [5.41, 5.74) is 0. The molecule has 2 heterocycles. The zero-order chi connectivity index (χ0) is 14.0. The molecule has 7 heteroatoms. The fraction of sp³-hybridized carbons (Fsp3) is 0.500. The predicted molar refractivity (Wildman–Crippen MR) is 80.6 cm³/mol. The van der Waals surface area contributed by atoms with Crippen LogP contribution in [0.3, 0.4) is 0 Å². The number of amides is 1. The summed E-state index contributed by atoms with van der Waals surface area (Å²) in [4.78, 5) is 25.4. The average Bonchev–Trinajstić information content (AvgIpc) is 2.69. The number of hydrogen-bond acceptors (Lipinski definition) is 3. The Morgan fingerprint density at radius 1 is 1.37 bits per heavy atom. The van der Waals surface area contributed by atoms with Crippen LogP contribution < -0.4 is 0 Å². The molecule has 1 aromatic rings. The number of thiophene rings is 1. The molecule has 0 radical (unpaired) electrons. The van der Waals surface area contributed by atoms with Crippen LogP contribution in [0, 0.1) is 5.92 Å². The summed E-state index contributed by atoms with van der Waals surface area (Å²) in [5.74, 6) is -0.524. The van der Waals surface area contributed by atoms with Crippen molar-refractivity contribution >= 4 is 55.1 Å². The van der Waals surface area contributed by atoms with E-state index in [4.69, 9.17) is 5.11 Å². The molecule has 2 rings (SSSR count). The number of rotatable bonds is 3. The number of likely N-dealkylation sites (tertiary alicyclic amines) is 1. The fourth-order valence-electron chi connectivity index (χ4n) is 2.19. The second-order valence-corrected chi connectivity index (χ2v) is 7.79. The van der Waals surface area contributed by atoms with E-state index in [1.165, 1.54) is 11.3 Å². The van der Waals surface area contributed by atoms with Crippen LogP contribution in [0.5, 0.6) is 0 Å². The molecule has 1 N–H and O–H groups in total. The highest BCUT2D eigenvalue weighted by atomic mass is 79.9. The van der Waals surface area contributed by atoms with Crippen molar-refractivity contribution in [2.45, 2.75) is 19.3 Å². The number of carbonyl (C=O) groups is 2. The lowest BCUT2D eigenvalue weighted by molar-refractivity contribution is -0.138. The Bertz CT molecular complexity index is 476. The van der Waals surface area contributed by atoms with Crippen LogP contribution in [0.2, 0.25) is 0 Å². The van der Waals surface area contributed by atoms with Gasteiger partial charge in [0, 0.05) is 24.0 Å². The minimum Gasteiger partial charge on any atom is -0.481 e. The molecule has 1 aromatic heterocycles. The van der Waals surface area contributed by atoms with Gasteiger partial charge < -0.3 is 10.0 Å². The van der Waals surface area contributed by atoms with E-state index in [-0.39, 0.29) is 18.2 Å². The third-order valence-electron chi connectivity index (χ3n) is 3.22. The van der Waals surface area contributed by atoms with Crippen LogP contribution >= 0.6 is 43.2 Å². The molecule has 0 spiro atoms. The third-order valence-corrected chi connectivity index (χ3v) is 6.47. The lowest BCUT2D eigenvalue weighted by Crippen LogP contribution is -2.38. The van der Waals surface area contributed by atoms with E-state index < -0.39 is 5.97 Å². The first-order chi connectivity index (χ1) is 8.97. The van der Waals surface area contributed by atoms with Crippen molar-refractivity contribution in [3.63, 3.8) is 0 Å². The standard InChI is InChI=1S/C12H13Br2NO3S/c13-8-6-9(19-11(8)14)12(18)15-3-1-7(2-4-15)5-10(16)17/h6-7H,1-5H2,(H,16,17). The van der Waals surface area contributed by atoms with Gasteiger partial charge in [-0.05, 0) is 56.7 Å². The highest BCUT2D eigenvalue weighted by Crippen LogP contribution is 2.33. The number of carboxylic acids is 1. The maximum Gasteiger partial charge on any atom is 0.303 e. The summed E-state index contributed by atoms with van der Waals surface area (Å²) < 4.78 is 1.80. The van der Waals surface area contributed by atoms with Gasteiger partial charge in [-0.3, -0.25) is 9.59 Å². The van der Waals surface area contributed by atoms with Gasteiger partial charge in [0.2, 0.25) is 0 Å². The first-order valence-corrected chi connectivity index (χ1v) is 8.33. The van der Waals surface area contributed by atoms with Crippen molar-refractivity contribution in [2.75, 3.05) is 13.1 Å². The molecule has 0 unspecified atom stereocenters. The minimum atomic E-state index is -0.754. The second kappa shape index (κ2) is 6.37. The quantitative estimate of drug-likeness (QED) is 0.828. The predicted octanol–water partition coefficient (Wildman–Crippen LogP) is 3.60. The molecule has 1 saturated heterocycles. The number of hydrogen-bond donors (Lipinski definition) is 1. The van der Waals surface area contributed by atoms with E-state index in [0.29, 0.717) is 18.0 Å². The number of aliphatic carboxylic acids is 1. The molecule has 1 amide bonds. The van der Waals surface area contributed by atoms with Gasteiger partial charge in [0.15, 0.2) is 0 Å². The average molecular weight is 411 g/mol. The molecule has 1 aliphatic heterocycles. The van der Waals surface area contributed by atoms with Gasteiger partial charge in [0.1, 0.15) is 0 Å². The monoisotopic (exact) mass is 409 g/mol. The largest absolute Gasteiger partial charge is 0.481 e. The molecule has 1 fully saturated rings. The summed E-state index contributed by atoms with van der Waals surface area (Å²) in [6.07, 6.45) is 1.75. The summed E-state index contributed by atoms with van der Waals surface area (Å²) >= 11 is 8.17. The summed E-state index contributed by atoms with van der Waals surface area (Å²) in [5, 5.41) is 8.76. The Hall–Kier alpha value is -0.400. The summed E-state index contributed by atoms with van der Waals surface area (Å²) in [6, 6.07) is 1.82. The highest BCUT2D eigenvalue weighted by Gasteiger charge is 2.26. The number of nitrogens with zero attached hydrogens (tertiary/aromatic N) is 1. The minimum absolute atomic E-state index is 0.0326. The normalized spacial score (nSPS) is 16.6. The molecular weight excluding hydrogens is 398 g/mol. The van der Waals surface area contributed by atoms with Gasteiger partial charge in [0.05, 0.1) is 8.66 Å². The Kier molecular flexibility index (Phi) is 5.03. The zero-order valence-electron chi connectivity index (χ0n) is 10.1. The van der Waals surface area contributed by atoms with Crippen molar-refractivity contribution in [3.05, 3.63) is 19.2 Å². The van der Waals surface area contributed by atoms with Gasteiger partial charge >= 0.3 is 5.97 Å². The van der Waals surface area contributed by atoms with Crippen molar-refractivity contribution in [1.29, 1.82) is 0 Å². The van der Waals surface area contributed by atoms with Gasteiger partial charge in [0.25, 0.3) is 5.91 Å². The van der Waals surface area contributed by atoms with Crippen molar-refractivity contribution in [3.8, 4) is 0 Å². The number of halogens is 2. The maximum atomic E-state index is 12.3. The van der Waals surface area contributed by atoms with Crippen molar-refractivity contribution in [2.24, 2.45) is 5.92 Å². The van der Waals surface area contributed by atoms with Gasteiger partial charge in [-0.15, -0.1) is 11.3 Å². The lowest BCUT2D eigenvalue weighted by Gasteiger charge is -2.31. The first kappa shape index (κ1) is 15.0. The molecular formula is C12H13Br2NO3S. The summed E-state index contributed by atoms with van der Waals surface area (Å²) in [6.45, 7) is 1.29. The molecule has 104 valence electrons. The molecule has 19 heavy (non-hydrogen) atoms. The van der Waals surface area contributed by atoms with Gasteiger partial charge in [-0.2, -0.15) is 0 Å². The molecule has 0 bridgehead atoms. The van der Waals surface area contributed by atoms with Crippen LogP contribution in [0.4, 0.5) is 0 Å². The second-order valence-electron chi connectivity index (χ2n) is 4.57. The van der Waals surface area contributed by atoms with E-state index >= 15 is 0 Å². The maximum absolute atomic E-state index is 12.3. The molecule has 1 aliphatic rings. The van der Waals surface area contributed by atoms with E-state index in [1.54, 1.807) is 0 Å². The van der Waals surface area contributed by atoms with Crippen LogP contribution in [0.15, 0.2) is 14.3 Å². The van der Waals surface area contributed by atoms with Crippen molar-refractivity contribution < 1.29 is 14.7 Å². The number of piperidine rings is 1. The first-order valence-electron chi connectivity index (χ1n) is 5.93. The number of carboxylic acid groups (broad SMARTS) is 1. The molecule has 0 saturated carbocycles. The van der Waals surface area contributed by atoms with Crippen LogP contribution in [0.1, 0.15) is 28.9 Å². The number of carbonyl (C=O) groups excluding carboxylic acids is 1. The Labute approximate surface area is 132 Å². The van der Waals surface area contributed by atoms with Crippen molar-refractivity contribution in [1.82, 2.24) is 4.90 Å². The molecule has 4 nitrogen and oxygen atoms in total. The Balaban J connectivity index is 1.94.